The van der Waals surface area contributed by atoms with Gasteiger partial charge in [0, 0.05) is 32.7 Å². The van der Waals surface area contributed by atoms with E-state index in [1.54, 1.807) is 18.2 Å². The van der Waals surface area contributed by atoms with Crippen LogP contribution >= 0.6 is 0 Å². The van der Waals surface area contributed by atoms with Crippen LogP contribution in [0.4, 0.5) is 0 Å². The Bertz CT molecular complexity index is 452. The van der Waals surface area contributed by atoms with Gasteiger partial charge in [-0.1, -0.05) is 0 Å². The van der Waals surface area contributed by atoms with Crippen molar-refractivity contribution in [3.63, 3.8) is 0 Å². The van der Waals surface area contributed by atoms with Crippen molar-refractivity contribution < 1.29 is 17.9 Å². The SMILES string of the molecule is CC(C)S(=O)(=O)N1CC2(C[C@H](OCC3CC3)CCO2)C1. The second-order valence-electron chi connectivity index (χ2n) is 6.78. The fraction of sp³-hybridized carbons (Fsp3) is 1.00. The average Bonchev–Trinajstić information content (AvgIpc) is 3.17. The molecule has 116 valence electrons. The lowest BCUT2D eigenvalue weighted by Gasteiger charge is -2.52. The highest BCUT2D eigenvalue weighted by Crippen LogP contribution is 2.38. The highest BCUT2D eigenvalue weighted by Gasteiger charge is 2.52. The van der Waals surface area contributed by atoms with Crippen LogP contribution < -0.4 is 0 Å². The molecule has 3 rings (SSSR count). The van der Waals surface area contributed by atoms with E-state index in [-0.39, 0.29) is 17.0 Å². The third-order valence-electron chi connectivity index (χ3n) is 4.60. The molecule has 0 radical (unpaired) electrons. The van der Waals surface area contributed by atoms with Crippen LogP contribution in [0, 0.1) is 5.92 Å². The van der Waals surface area contributed by atoms with Gasteiger partial charge in [0.2, 0.25) is 10.0 Å². The van der Waals surface area contributed by atoms with Gasteiger partial charge in [-0.2, -0.15) is 4.31 Å². The maximum Gasteiger partial charge on any atom is 0.216 e. The third-order valence-corrected chi connectivity index (χ3v) is 6.77. The zero-order chi connectivity index (χ0) is 14.4. The number of ether oxygens (including phenoxy) is 2. The predicted octanol–water partition coefficient (Wildman–Crippen LogP) is 1.38. The Morgan fingerprint density at radius 1 is 1.30 bits per heavy atom. The summed E-state index contributed by atoms with van der Waals surface area (Å²) in [5, 5.41) is -0.356. The Kier molecular flexibility index (Phi) is 3.86. The Morgan fingerprint density at radius 3 is 2.60 bits per heavy atom. The molecule has 0 amide bonds. The van der Waals surface area contributed by atoms with Gasteiger partial charge in [-0.3, -0.25) is 0 Å². The molecular weight excluding hydrogens is 278 g/mol. The molecule has 2 aliphatic heterocycles. The van der Waals surface area contributed by atoms with Crippen molar-refractivity contribution in [3.8, 4) is 0 Å². The lowest BCUT2D eigenvalue weighted by Crippen LogP contribution is -2.67. The van der Waals surface area contributed by atoms with Crippen molar-refractivity contribution >= 4 is 10.0 Å². The number of hydrogen-bond donors (Lipinski definition) is 0. The summed E-state index contributed by atoms with van der Waals surface area (Å²) in [7, 11) is -3.14. The zero-order valence-electron chi connectivity index (χ0n) is 12.4. The molecular formula is C14H25NO4S. The van der Waals surface area contributed by atoms with Crippen LogP contribution in [0.1, 0.15) is 39.5 Å². The molecule has 0 aromatic carbocycles. The standard InChI is InChI=1S/C14H25NO4S/c1-11(2)20(16,17)15-9-14(10-15)7-13(5-6-19-14)18-8-12-3-4-12/h11-13H,3-10H2,1-2H3/t13-/m1/s1. The van der Waals surface area contributed by atoms with Gasteiger partial charge >= 0.3 is 0 Å². The maximum atomic E-state index is 12.1. The van der Waals surface area contributed by atoms with Crippen LogP contribution in [0.3, 0.4) is 0 Å². The van der Waals surface area contributed by atoms with Crippen molar-refractivity contribution in [2.75, 3.05) is 26.3 Å². The summed E-state index contributed by atoms with van der Waals surface area (Å²) in [6.07, 6.45) is 4.62. The van der Waals surface area contributed by atoms with Gasteiger partial charge in [0.1, 0.15) is 0 Å². The van der Waals surface area contributed by atoms with Crippen molar-refractivity contribution in [3.05, 3.63) is 0 Å². The lowest BCUT2D eigenvalue weighted by atomic mass is 9.86. The second-order valence-corrected chi connectivity index (χ2v) is 9.27. The van der Waals surface area contributed by atoms with Crippen LogP contribution in [-0.4, -0.2) is 56.0 Å². The van der Waals surface area contributed by atoms with E-state index in [9.17, 15) is 8.42 Å². The first-order chi connectivity index (χ1) is 9.41. The molecule has 2 saturated heterocycles. The quantitative estimate of drug-likeness (QED) is 0.770. The van der Waals surface area contributed by atoms with Gasteiger partial charge in [-0.15, -0.1) is 0 Å². The summed E-state index contributed by atoms with van der Waals surface area (Å²) in [4.78, 5) is 0. The maximum absolute atomic E-state index is 12.1. The minimum atomic E-state index is -3.14. The fourth-order valence-electron chi connectivity index (χ4n) is 2.98. The summed E-state index contributed by atoms with van der Waals surface area (Å²) in [6, 6.07) is 0. The fourth-order valence-corrected chi connectivity index (χ4v) is 4.40. The molecule has 0 aromatic heterocycles. The largest absolute Gasteiger partial charge is 0.378 e. The summed E-state index contributed by atoms with van der Waals surface area (Å²) in [5.41, 5.74) is -0.283. The number of rotatable bonds is 5. The van der Waals surface area contributed by atoms with Crippen LogP contribution in [0.15, 0.2) is 0 Å². The first-order valence-electron chi connectivity index (χ1n) is 7.66. The number of sulfonamides is 1. The van der Waals surface area contributed by atoms with E-state index >= 15 is 0 Å². The molecule has 1 atom stereocenters. The van der Waals surface area contributed by atoms with Crippen molar-refractivity contribution in [1.82, 2.24) is 4.31 Å². The first-order valence-corrected chi connectivity index (χ1v) is 9.16. The molecule has 3 aliphatic rings. The molecule has 5 nitrogen and oxygen atoms in total. The van der Waals surface area contributed by atoms with Crippen molar-refractivity contribution in [2.24, 2.45) is 5.92 Å². The normalized spacial score (nSPS) is 30.6. The highest BCUT2D eigenvalue weighted by molar-refractivity contribution is 7.89. The average molecular weight is 303 g/mol. The molecule has 0 N–H and O–H groups in total. The minimum absolute atomic E-state index is 0.244. The highest BCUT2D eigenvalue weighted by atomic mass is 32.2. The van der Waals surface area contributed by atoms with Crippen LogP contribution in [0.25, 0.3) is 0 Å². The van der Waals surface area contributed by atoms with Gasteiger partial charge in [-0.25, -0.2) is 8.42 Å². The summed E-state index contributed by atoms with van der Waals surface area (Å²) in [6.45, 7) is 6.00. The van der Waals surface area contributed by atoms with E-state index in [0.29, 0.717) is 19.7 Å². The first kappa shape index (κ1) is 14.8. The Morgan fingerprint density at radius 2 is 2.00 bits per heavy atom. The molecule has 0 unspecified atom stereocenters. The molecule has 0 bridgehead atoms. The van der Waals surface area contributed by atoms with Gasteiger partial charge < -0.3 is 9.47 Å². The van der Waals surface area contributed by atoms with E-state index in [4.69, 9.17) is 9.47 Å². The van der Waals surface area contributed by atoms with Gasteiger partial charge in [0.05, 0.1) is 17.0 Å². The van der Waals surface area contributed by atoms with Crippen molar-refractivity contribution in [1.29, 1.82) is 0 Å². The van der Waals surface area contributed by atoms with Gasteiger partial charge in [0.15, 0.2) is 0 Å². The third kappa shape index (κ3) is 2.89. The molecule has 1 spiro atoms. The summed E-state index contributed by atoms with van der Waals surface area (Å²) < 4.78 is 37.6. The Balaban J connectivity index is 1.53. The molecule has 1 saturated carbocycles. The molecule has 2 heterocycles. The predicted molar refractivity (Wildman–Crippen MR) is 76.0 cm³/mol. The molecule has 6 heteroatoms. The van der Waals surface area contributed by atoms with E-state index in [1.807, 2.05) is 0 Å². The van der Waals surface area contributed by atoms with Crippen molar-refractivity contribution in [2.45, 2.75) is 56.5 Å². The van der Waals surface area contributed by atoms with E-state index in [1.165, 1.54) is 12.8 Å². The molecule has 20 heavy (non-hydrogen) atoms. The van der Waals surface area contributed by atoms with Gasteiger partial charge in [0.25, 0.3) is 0 Å². The lowest BCUT2D eigenvalue weighted by molar-refractivity contribution is -0.179. The van der Waals surface area contributed by atoms with Crippen LogP contribution in [-0.2, 0) is 19.5 Å². The second kappa shape index (κ2) is 5.23. The van der Waals surface area contributed by atoms with E-state index in [2.05, 4.69) is 0 Å². The monoisotopic (exact) mass is 303 g/mol. The smallest absolute Gasteiger partial charge is 0.216 e. The Hall–Kier alpha value is -0.170. The zero-order valence-corrected chi connectivity index (χ0v) is 13.2. The van der Waals surface area contributed by atoms with Crippen LogP contribution in [0.5, 0.6) is 0 Å². The molecule has 1 aliphatic carbocycles. The number of hydrogen-bond acceptors (Lipinski definition) is 4. The summed E-state index contributed by atoms with van der Waals surface area (Å²) >= 11 is 0. The van der Waals surface area contributed by atoms with Gasteiger partial charge in [-0.05, 0) is 39.0 Å². The Labute approximate surface area is 121 Å². The topological polar surface area (TPSA) is 55.8 Å². The number of nitrogens with zero attached hydrogens (tertiary/aromatic N) is 1. The minimum Gasteiger partial charge on any atom is -0.378 e. The van der Waals surface area contributed by atoms with Crippen LogP contribution in [0.2, 0.25) is 0 Å². The molecule has 0 aromatic rings. The molecule has 3 fully saturated rings. The summed E-state index contributed by atoms with van der Waals surface area (Å²) in [5.74, 6) is 0.771. The van der Waals surface area contributed by atoms with E-state index < -0.39 is 10.0 Å². The van der Waals surface area contributed by atoms with E-state index in [0.717, 1.165) is 25.4 Å².